The molecule has 1 atom stereocenters. The lowest BCUT2D eigenvalue weighted by Gasteiger charge is -2.07. The van der Waals surface area contributed by atoms with Gasteiger partial charge in [0.25, 0.3) is 0 Å². The Labute approximate surface area is 77.4 Å². The molecule has 0 bridgehead atoms. The second kappa shape index (κ2) is 7.15. The fraction of sp³-hybridized carbons (Fsp3) is 0.667. The maximum atomic E-state index is 3.86. The molecular weight excluding hydrogens is 144 g/mol. The molecule has 0 aliphatic rings. The van der Waals surface area contributed by atoms with Crippen molar-refractivity contribution in [2.45, 2.75) is 46.5 Å². The first kappa shape index (κ1) is 11.5. The zero-order valence-electron chi connectivity index (χ0n) is 8.77. The standard InChI is InChI=1S/C12H22/c1-5-8-9-12(7-3)10-11(4)6-2/h7,10,12H,3,5-6,8-9H2,1-2,4H3/b11-10+/t12-/m0/s1. The van der Waals surface area contributed by atoms with E-state index >= 15 is 0 Å². The average Bonchev–Trinajstić information content (AvgIpc) is 2.11. The summed E-state index contributed by atoms with van der Waals surface area (Å²) >= 11 is 0. The van der Waals surface area contributed by atoms with Gasteiger partial charge in [-0.1, -0.05) is 44.4 Å². The number of allylic oxidation sites excluding steroid dienone is 3. The van der Waals surface area contributed by atoms with Gasteiger partial charge in [-0.2, -0.15) is 0 Å². The van der Waals surface area contributed by atoms with Crippen LogP contribution in [0.3, 0.4) is 0 Å². The Morgan fingerprint density at radius 3 is 2.50 bits per heavy atom. The molecule has 0 aromatic heterocycles. The predicted octanol–water partition coefficient (Wildman–Crippen LogP) is 4.34. The number of rotatable bonds is 6. The summed E-state index contributed by atoms with van der Waals surface area (Å²) in [5, 5.41) is 0. The SMILES string of the molecule is C=C[C@H](/C=C(\C)CC)CCCC. The van der Waals surface area contributed by atoms with Crippen LogP contribution >= 0.6 is 0 Å². The molecule has 0 spiro atoms. The van der Waals surface area contributed by atoms with Gasteiger partial charge in [-0.3, -0.25) is 0 Å². The summed E-state index contributed by atoms with van der Waals surface area (Å²) < 4.78 is 0. The fourth-order valence-electron chi connectivity index (χ4n) is 1.19. The smallest absolute Gasteiger partial charge is 0.00536 e. The highest BCUT2D eigenvalue weighted by Gasteiger charge is 1.98. The van der Waals surface area contributed by atoms with Gasteiger partial charge in [-0.25, -0.2) is 0 Å². The third-order valence-corrected chi connectivity index (χ3v) is 2.25. The monoisotopic (exact) mass is 166 g/mol. The summed E-state index contributed by atoms with van der Waals surface area (Å²) in [6.45, 7) is 10.5. The molecule has 0 fully saturated rings. The van der Waals surface area contributed by atoms with E-state index in [9.17, 15) is 0 Å². The molecule has 0 amide bonds. The quantitative estimate of drug-likeness (QED) is 0.515. The van der Waals surface area contributed by atoms with Crippen molar-refractivity contribution in [3.63, 3.8) is 0 Å². The topological polar surface area (TPSA) is 0 Å². The lowest BCUT2D eigenvalue weighted by Crippen LogP contribution is -1.92. The molecule has 70 valence electrons. The van der Waals surface area contributed by atoms with E-state index in [1.807, 2.05) is 0 Å². The van der Waals surface area contributed by atoms with Crippen molar-refractivity contribution in [2.24, 2.45) is 5.92 Å². The lowest BCUT2D eigenvalue weighted by atomic mass is 9.99. The van der Waals surface area contributed by atoms with Gasteiger partial charge < -0.3 is 0 Å². The second-order valence-corrected chi connectivity index (χ2v) is 3.41. The molecule has 0 aromatic carbocycles. The lowest BCUT2D eigenvalue weighted by molar-refractivity contribution is 0.639. The van der Waals surface area contributed by atoms with Crippen LogP contribution in [-0.4, -0.2) is 0 Å². The van der Waals surface area contributed by atoms with Crippen LogP contribution in [0.1, 0.15) is 46.5 Å². The minimum Gasteiger partial charge on any atom is -0.102 e. The Hall–Kier alpha value is -0.520. The van der Waals surface area contributed by atoms with Gasteiger partial charge in [0.1, 0.15) is 0 Å². The first-order valence-electron chi connectivity index (χ1n) is 5.04. The van der Waals surface area contributed by atoms with E-state index in [0.29, 0.717) is 5.92 Å². The molecule has 0 nitrogen and oxygen atoms in total. The highest BCUT2D eigenvalue weighted by Crippen LogP contribution is 2.14. The van der Waals surface area contributed by atoms with Crippen LogP contribution in [0.5, 0.6) is 0 Å². The zero-order valence-corrected chi connectivity index (χ0v) is 8.77. The van der Waals surface area contributed by atoms with Crippen LogP contribution in [0, 0.1) is 5.92 Å². The number of hydrogen-bond donors (Lipinski definition) is 0. The van der Waals surface area contributed by atoms with E-state index in [4.69, 9.17) is 0 Å². The molecule has 0 N–H and O–H groups in total. The van der Waals surface area contributed by atoms with Gasteiger partial charge in [0.2, 0.25) is 0 Å². The van der Waals surface area contributed by atoms with Crippen LogP contribution in [-0.2, 0) is 0 Å². The summed E-state index contributed by atoms with van der Waals surface area (Å²) in [5.41, 5.74) is 1.48. The molecule has 12 heavy (non-hydrogen) atoms. The Kier molecular flexibility index (Phi) is 6.84. The maximum Gasteiger partial charge on any atom is -0.00536 e. The summed E-state index contributed by atoms with van der Waals surface area (Å²) in [6, 6.07) is 0. The third-order valence-electron chi connectivity index (χ3n) is 2.25. The van der Waals surface area contributed by atoms with Crippen molar-refractivity contribution in [2.75, 3.05) is 0 Å². The Bertz CT molecular complexity index is 142. The van der Waals surface area contributed by atoms with Gasteiger partial charge in [-0.05, 0) is 25.7 Å². The zero-order chi connectivity index (χ0) is 9.40. The highest BCUT2D eigenvalue weighted by molar-refractivity contribution is 5.05. The van der Waals surface area contributed by atoms with Crippen LogP contribution in [0.25, 0.3) is 0 Å². The molecule has 0 heteroatoms. The van der Waals surface area contributed by atoms with Crippen molar-refractivity contribution in [3.8, 4) is 0 Å². The normalized spacial score (nSPS) is 14.4. The number of hydrogen-bond acceptors (Lipinski definition) is 0. The molecule has 0 saturated heterocycles. The summed E-state index contributed by atoms with van der Waals surface area (Å²) in [7, 11) is 0. The van der Waals surface area contributed by atoms with Crippen LogP contribution in [0.15, 0.2) is 24.3 Å². The van der Waals surface area contributed by atoms with Crippen molar-refractivity contribution in [3.05, 3.63) is 24.3 Å². The van der Waals surface area contributed by atoms with E-state index in [1.54, 1.807) is 0 Å². The minimum atomic E-state index is 0.602. The molecular formula is C12H22. The average molecular weight is 166 g/mol. The van der Waals surface area contributed by atoms with Gasteiger partial charge in [0.05, 0.1) is 0 Å². The van der Waals surface area contributed by atoms with Crippen molar-refractivity contribution in [1.29, 1.82) is 0 Å². The first-order chi connectivity index (χ1) is 5.74. The van der Waals surface area contributed by atoms with Gasteiger partial charge in [0, 0.05) is 0 Å². The molecule has 0 unspecified atom stereocenters. The van der Waals surface area contributed by atoms with Crippen molar-refractivity contribution < 1.29 is 0 Å². The molecule has 0 radical (unpaired) electrons. The van der Waals surface area contributed by atoms with E-state index in [-0.39, 0.29) is 0 Å². The molecule has 0 aliphatic carbocycles. The Balaban J connectivity index is 3.89. The second-order valence-electron chi connectivity index (χ2n) is 3.41. The summed E-state index contributed by atoms with van der Waals surface area (Å²) in [4.78, 5) is 0. The third kappa shape index (κ3) is 5.17. The van der Waals surface area contributed by atoms with Crippen LogP contribution in [0.2, 0.25) is 0 Å². The van der Waals surface area contributed by atoms with E-state index in [0.717, 1.165) is 6.42 Å². The molecule has 0 aliphatic heterocycles. The molecule has 0 heterocycles. The Morgan fingerprint density at radius 1 is 1.42 bits per heavy atom. The number of unbranched alkanes of at least 4 members (excludes halogenated alkanes) is 1. The van der Waals surface area contributed by atoms with Crippen molar-refractivity contribution in [1.82, 2.24) is 0 Å². The minimum absolute atomic E-state index is 0.602. The largest absolute Gasteiger partial charge is 0.102 e. The molecule has 0 rings (SSSR count). The van der Waals surface area contributed by atoms with Crippen LogP contribution in [0.4, 0.5) is 0 Å². The van der Waals surface area contributed by atoms with E-state index in [1.165, 1.54) is 24.8 Å². The van der Waals surface area contributed by atoms with Gasteiger partial charge in [-0.15, -0.1) is 6.58 Å². The fourth-order valence-corrected chi connectivity index (χ4v) is 1.19. The van der Waals surface area contributed by atoms with Gasteiger partial charge >= 0.3 is 0 Å². The molecule has 0 saturated carbocycles. The maximum absolute atomic E-state index is 3.86. The molecule has 0 aromatic rings. The highest BCUT2D eigenvalue weighted by atomic mass is 14.0. The summed E-state index contributed by atoms with van der Waals surface area (Å²) in [5.74, 6) is 0.602. The van der Waals surface area contributed by atoms with E-state index in [2.05, 4.69) is 39.5 Å². The van der Waals surface area contributed by atoms with Crippen LogP contribution < -0.4 is 0 Å². The summed E-state index contributed by atoms with van der Waals surface area (Å²) in [6.07, 6.45) is 9.43. The predicted molar refractivity (Wildman–Crippen MR) is 57.3 cm³/mol. The van der Waals surface area contributed by atoms with Gasteiger partial charge in [0.15, 0.2) is 0 Å². The first-order valence-corrected chi connectivity index (χ1v) is 5.04. The van der Waals surface area contributed by atoms with E-state index < -0.39 is 0 Å². The van der Waals surface area contributed by atoms with Crippen molar-refractivity contribution >= 4 is 0 Å². The Morgan fingerprint density at radius 2 is 2.08 bits per heavy atom.